The summed E-state index contributed by atoms with van der Waals surface area (Å²) in [5, 5.41) is 3.18. The van der Waals surface area contributed by atoms with Crippen molar-refractivity contribution in [1.29, 1.82) is 0 Å². The van der Waals surface area contributed by atoms with E-state index in [2.05, 4.69) is 27.3 Å². The third-order valence-corrected chi connectivity index (χ3v) is 5.14. The lowest BCUT2D eigenvalue weighted by Gasteiger charge is -2.26. The van der Waals surface area contributed by atoms with Crippen LogP contribution in [0.1, 0.15) is 26.7 Å². The summed E-state index contributed by atoms with van der Waals surface area (Å²) in [6.45, 7) is 4.61. The van der Waals surface area contributed by atoms with E-state index in [1.807, 2.05) is 32.0 Å². The van der Waals surface area contributed by atoms with Crippen LogP contribution in [0.25, 0.3) is 0 Å². The Bertz CT molecular complexity index is 428. The average Bonchev–Trinajstić information content (AvgIpc) is 2.37. The number of thioether (sulfide) groups is 1. The molecule has 106 valence electrons. The Kier molecular flexibility index (Phi) is 6.89. The van der Waals surface area contributed by atoms with Crippen molar-refractivity contribution in [2.75, 3.05) is 12.3 Å². The van der Waals surface area contributed by atoms with Gasteiger partial charge in [-0.1, -0.05) is 19.1 Å². The molecule has 3 nitrogen and oxygen atoms in total. The molecule has 1 aromatic carbocycles. The van der Waals surface area contributed by atoms with E-state index in [4.69, 9.17) is 5.73 Å². The molecule has 19 heavy (non-hydrogen) atoms. The van der Waals surface area contributed by atoms with Crippen LogP contribution < -0.4 is 11.1 Å². The van der Waals surface area contributed by atoms with E-state index >= 15 is 0 Å². The summed E-state index contributed by atoms with van der Waals surface area (Å²) < 4.78 is 1.12. The summed E-state index contributed by atoms with van der Waals surface area (Å²) >= 11 is 5.32. The summed E-state index contributed by atoms with van der Waals surface area (Å²) in [6.07, 6.45) is 1.70. The Morgan fingerprint density at radius 2 is 2.16 bits per heavy atom. The molecule has 3 N–H and O–H groups in total. The minimum Gasteiger partial charge on any atom is -0.368 e. The number of amides is 1. The van der Waals surface area contributed by atoms with Crippen molar-refractivity contribution in [1.82, 2.24) is 5.32 Å². The van der Waals surface area contributed by atoms with Gasteiger partial charge in [0.1, 0.15) is 0 Å². The van der Waals surface area contributed by atoms with Gasteiger partial charge in [0.15, 0.2) is 0 Å². The lowest BCUT2D eigenvalue weighted by atomic mass is 9.95. The van der Waals surface area contributed by atoms with Gasteiger partial charge in [0, 0.05) is 9.37 Å². The fourth-order valence-corrected chi connectivity index (χ4v) is 3.38. The van der Waals surface area contributed by atoms with E-state index in [0.717, 1.165) is 29.6 Å². The van der Waals surface area contributed by atoms with Crippen molar-refractivity contribution < 1.29 is 4.79 Å². The number of halogens is 1. The van der Waals surface area contributed by atoms with Gasteiger partial charge in [-0.25, -0.2) is 0 Å². The molecule has 1 amide bonds. The number of rotatable bonds is 8. The fraction of sp³-hybridized carbons (Fsp3) is 0.500. The number of likely N-dealkylation sites (N-methyl/N-ethyl adjacent to an activating group) is 1. The molecular weight excluding hydrogens is 324 g/mol. The molecule has 0 heterocycles. The smallest absolute Gasteiger partial charge is 0.237 e. The first-order valence-electron chi connectivity index (χ1n) is 6.42. The predicted octanol–water partition coefficient (Wildman–Crippen LogP) is 3.17. The van der Waals surface area contributed by atoms with Crippen molar-refractivity contribution in [3.63, 3.8) is 0 Å². The number of nitrogens with one attached hydrogen (secondary N) is 1. The van der Waals surface area contributed by atoms with Crippen LogP contribution in [0, 0.1) is 0 Å². The van der Waals surface area contributed by atoms with E-state index in [1.54, 1.807) is 11.8 Å². The largest absolute Gasteiger partial charge is 0.368 e. The first kappa shape index (κ1) is 16.5. The Morgan fingerprint density at radius 3 is 2.74 bits per heavy atom. The fourth-order valence-electron chi connectivity index (χ4n) is 1.86. The van der Waals surface area contributed by atoms with Crippen molar-refractivity contribution in [3.05, 3.63) is 28.7 Å². The molecule has 0 bridgehead atoms. The van der Waals surface area contributed by atoms with Gasteiger partial charge in [0.2, 0.25) is 5.91 Å². The van der Waals surface area contributed by atoms with Gasteiger partial charge in [0.25, 0.3) is 0 Å². The molecule has 0 aliphatic carbocycles. The molecule has 0 spiro atoms. The number of hydrogen-bond acceptors (Lipinski definition) is 3. The summed E-state index contributed by atoms with van der Waals surface area (Å²) in [5.74, 6) is 0.692. The molecule has 0 aliphatic heterocycles. The van der Waals surface area contributed by atoms with Gasteiger partial charge in [-0.3, -0.25) is 4.79 Å². The van der Waals surface area contributed by atoms with Gasteiger partial charge in [-0.2, -0.15) is 0 Å². The summed E-state index contributed by atoms with van der Waals surface area (Å²) in [6, 6.07) is 8.16. The molecule has 0 fully saturated rings. The quantitative estimate of drug-likeness (QED) is 0.562. The zero-order chi connectivity index (χ0) is 14.3. The molecule has 1 aromatic rings. The number of hydrogen-bond donors (Lipinski definition) is 2. The van der Waals surface area contributed by atoms with Gasteiger partial charge in [-0.15, -0.1) is 11.8 Å². The zero-order valence-electron chi connectivity index (χ0n) is 11.4. The van der Waals surface area contributed by atoms with Crippen LogP contribution in [0.15, 0.2) is 33.6 Å². The third kappa shape index (κ3) is 5.16. The lowest BCUT2D eigenvalue weighted by molar-refractivity contribution is -0.124. The number of carbonyl (C=O) groups is 1. The van der Waals surface area contributed by atoms with Crippen LogP contribution >= 0.6 is 27.7 Å². The van der Waals surface area contributed by atoms with Crippen molar-refractivity contribution >= 4 is 33.6 Å². The first-order chi connectivity index (χ1) is 8.99. The maximum Gasteiger partial charge on any atom is 0.237 e. The van der Waals surface area contributed by atoms with Crippen LogP contribution in [-0.4, -0.2) is 23.7 Å². The maximum absolute atomic E-state index is 11.5. The van der Waals surface area contributed by atoms with Crippen LogP contribution in [-0.2, 0) is 4.79 Å². The van der Waals surface area contributed by atoms with Crippen molar-refractivity contribution in [2.45, 2.75) is 37.1 Å². The minimum absolute atomic E-state index is 0.278. The summed E-state index contributed by atoms with van der Waals surface area (Å²) in [4.78, 5) is 12.7. The predicted molar refractivity (Wildman–Crippen MR) is 85.4 cm³/mol. The topological polar surface area (TPSA) is 55.1 Å². The van der Waals surface area contributed by atoms with E-state index < -0.39 is 5.54 Å². The SMILES string of the molecule is CCNC(C)(CCCSc1ccccc1Br)C(N)=O. The molecule has 0 saturated heterocycles. The van der Waals surface area contributed by atoms with Crippen molar-refractivity contribution in [2.24, 2.45) is 5.73 Å². The second-order valence-electron chi connectivity index (χ2n) is 4.61. The van der Waals surface area contributed by atoms with Crippen LogP contribution in [0.2, 0.25) is 0 Å². The van der Waals surface area contributed by atoms with Crippen LogP contribution in [0.5, 0.6) is 0 Å². The molecule has 0 radical (unpaired) electrons. The molecular formula is C14H21BrN2OS. The number of benzene rings is 1. The van der Waals surface area contributed by atoms with E-state index in [-0.39, 0.29) is 5.91 Å². The van der Waals surface area contributed by atoms with E-state index in [0.29, 0.717) is 0 Å². The molecule has 1 rings (SSSR count). The second kappa shape index (κ2) is 7.92. The first-order valence-corrected chi connectivity index (χ1v) is 8.19. The highest BCUT2D eigenvalue weighted by atomic mass is 79.9. The highest BCUT2D eigenvalue weighted by Crippen LogP contribution is 2.28. The lowest BCUT2D eigenvalue weighted by Crippen LogP contribution is -2.53. The van der Waals surface area contributed by atoms with Gasteiger partial charge < -0.3 is 11.1 Å². The Labute approximate surface area is 127 Å². The molecule has 0 aliphatic rings. The van der Waals surface area contributed by atoms with Gasteiger partial charge in [-0.05, 0) is 60.1 Å². The highest BCUT2D eigenvalue weighted by Gasteiger charge is 2.28. The van der Waals surface area contributed by atoms with Gasteiger partial charge in [0.05, 0.1) is 5.54 Å². The van der Waals surface area contributed by atoms with E-state index in [9.17, 15) is 4.79 Å². The van der Waals surface area contributed by atoms with E-state index in [1.165, 1.54) is 4.90 Å². The standard InChI is InChI=1S/C14H21BrN2OS/c1-3-17-14(2,13(16)18)9-6-10-19-12-8-5-4-7-11(12)15/h4-5,7-8,17H,3,6,9-10H2,1-2H3,(H2,16,18). The van der Waals surface area contributed by atoms with Gasteiger partial charge >= 0.3 is 0 Å². The normalized spacial score (nSPS) is 14.1. The molecule has 1 unspecified atom stereocenters. The number of carbonyl (C=O) groups excluding carboxylic acids is 1. The number of nitrogens with two attached hydrogens (primary N) is 1. The van der Waals surface area contributed by atoms with Crippen LogP contribution in [0.3, 0.4) is 0 Å². The Hall–Kier alpha value is -0.520. The molecule has 0 saturated carbocycles. The molecule has 0 aromatic heterocycles. The Balaban J connectivity index is 2.41. The average molecular weight is 345 g/mol. The maximum atomic E-state index is 11.5. The second-order valence-corrected chi connectivity index (χ2v) is 6.60. The molecule has 1 atom stereocenters. The van der Waals surface area contributed by atoms with Crippen molar-refractivity contribution in [3.8, 4) is 0 Å². The zero-order valence-corrected chi connectivity index (χ0v) is 13.8. The summed E-state index contributed by atoms with van der Waals surface area (Å²) in [5.41, 5.74) is 4.86. The monoisotopic (exact) mass is 344 g/mol. The van der Waals surface area contributed by atoms with Crippen LogP contribution in [0.4, 0.5) is 0 Å². The highest BCUT2D eigenvalue weighted by molar-refractivity contribution is 9.10. The number of primary amides is 1. The third-order valence-electron chi connectivity index (χ3n) is 3.03. The Morgan fingerprint density at radius 1 is 1.47 bits per heavy atom. The minimum atomic E-state index is -0.594. The summed E-state index contributed by atoms with van der Waals surface area (Å²) in [7, 11) is 0. The molecule has 5 heteroatoms.